The molecule has 2 aromatic heterocycles. The minimum atomic E-state index is -0.418. The molecule has 0 aliphatic carbocycles. The number of pyridine rings is 1. The standard InChI is InChI=1S/C17H12BrN3O2/c18-15-7-6-14(23-15)17(22)21-20-16(12-4-2-1-3-5-12)13-8-10-19-11-9-13/h1-11H,(H,21,22). The van der Waals surface area contributed by atoms with E-state index in [0.29, 0.717) is 10.4 Å². The zero-order valence-electron chi connectivity index (χ0n) is 11.9. The van der Waals surface area contributed by atoms with Crippen LogP contribution < -0.4 is 5.43 Å². The third-order valence-corrected chi connectivity index (χ3v) is 3.49. The molecular formula is C17H12BrN3O2. The molecule has 0 bridgehead atoms. The number of amides is 1. The minimum Gasteiger partial charge on any atom is -0.444 e. The number of carbonyl (C=O) groups is 1. The fourth-order valence-electron chi connectivity index (χ4n) is 2.00. The molecule has 0 aliphatic heterocycles. The molecular weight excluding hydrogens is 358 g/mol. The molecule has 23 heavy (non-hydrogen) atoms. The van der Waals surface area contributed by atoms with E-state index in [1.165, 1.54) is 0 Å². The second kappa shape index (κ2) is 7.02. The van der Waals surface area contributed by atoms with Crippen LogP contribution in [0.2, 0.25) is 0 Å². The van der Waals surface area contributed by atoms with Gasteiger partial charge >= 0.3 is 5.91 Å². The van der Waals surface area contributed by atoms with Crippen LogP contribution in [0.3, 0.4) is 0 Å². The SMILES string of the molecule is O=C(NN=C(c1ccccc1)c1ccncc1)c1ccc(Br)o1. The molecule has 0 aliphatic rings. The van der Waals surface area contributed by atoms with Crippen molar-refractivity contribution in [1.82, 2.24) is 10.4 Å². The molecule has 0 fully saturated rings. The molecule has 6 heteroatoms. The van der Waals surface area contributed by atoms with Crippen LogP contribution in [0.1, 0.15) is 21.7 Å². The lowest BCUT2D eigenvalue weighted by Gasteiger charge is -2.07. The number of nitrogens with zero attached hydrogens (tertiary/aromatic N) is 2. The first-order valence-electron chi connectivity index (χ1n) is 6.83. The van der Waals surface area contributed by atoms with Gasteiger partial charge in [-0.05, 0) is 40.2 Å². The molecule has 0 saturated carbocycles. The Morgan fingerprint density at radius 3 is 2.35 bits per heavy atom. The van der Waals surface area contributed by atoms with E-state index in [4.69, 9.17) is 4.42 Å². The topological polar surface area (TPSA) is 67.5 Å². The molecule has 3 rings (SSSR count). The van der Waals surface area contributed by atoms with Crippen molar-refractivity contribution < 1.29 is 9.21 Å². The number of hydrogen-bond acceptors (Lipinski definition) is 4. The lowest BCUT2D eigenvalue weighted by Crippen LogP contribution is -2.20. The number of hydrogen-bond donors (Lipinski definition) is 1. The lowest BCUT2D eigenvalue weighted by atomic mass is 10.0. The second-order valence-corrected chi connectivity index (χ2v) is 5.39. The minimum absolute atomic E-state index is 0.183. The van der Waals surface area contributed by atoms with Crippen molar-refractivity contribution in [2.75, 3.05) is 0 Å². The fourth-order valence-corrected chi connectivity index (χ4v) is 2.31. The van der Waals surface area contributed by atoms with Gasteiger partial charge in [0.15, 0.2) is 10.4 Å². The van der Waals surface area contributed by atoms with Crippen molar-refractivity contribution in [2.45, 2.75) is 0 Å². The zero-order chi connectivity index (χ0) is 16.1. The number of hydrazone groups is 1. The molecule has 0 saturated heterocycles. The fraction of sp³-hybridized carbons (Fsp3) is 0. The summed E-state index contributed by atoms with van der Waals surface area (Å²) in [5.74, 6) is -0.235. The van der Waals surface area contributed by atoms with Gasteiger partial charge in [-0.3, -0.25) is 9.78 Å². The molecule has 1 aromatic carbocycles. The van der Waals surface area contributed by atoms with Crippen molar-refractivity contribution in [3.05, 3.63) is 88.5 Å². The van der Waals surface area contributed by atoms with Crippen molar-refractivity contribution in [1.29, 1.82) is 0 Å². The smallest absolute Gasteiger partial charge is 0.307 e. The number of rotatable bonds is 4. The maximum Gasteiger partial charge on any atom is 0.307 e. The Morgan fingerprint density at radius 2 is 1.70 bits per heavy atom. The highest BCUT2D eigenvalue weighted by atomic mass is 79.9. The zero-order valence-corrected chi connectivity index (χ0v) is 13.5. The summed E-state index contributed by atoms with van der Waals surface area (Å²) in [6, 6.07) is 16.5. The Bertz CT molecular complexity index is 788. The van der Waals surface area contributed by atoms with Crippen LogP contribution in [0.5, 0.6) is 0 Å². The largest absolute Gasteiger partial charge is 0.444 e. The predicted octanol–water partition coefficient (Wildman–Crippen LogP) is 3.62. The number of aromatic nitrogens is 1. The molecule has 1 amide bonds. The van der Waals surface area contributed by atoms with Gasteiger partial charge in [-0.1, -0.05) is 30.3 Å². The molecule has 3 aromatic rings. The molecule has 0 radical (unpaired) electrons. The highest BCUT2D eigenvalue weighted by Crippen LogP contribution is 2.14. The van der Waals surface area contributed by atoms with Gasteiger partial charge in [-0.15, -0.1) is 0 Å². The average molecular weight is 370 g/mol. The molecule has 2 heterocycles. The van der Waals surface area contributed by atoms with Crippen molar-refractivity contribution >= 4 is 27.5 Å². The van der Waals surface area contributed by atoms with Crippen LogP contribution in [0.15, 0.2) is 81.2 Å². The monoisotopic (exact) mass is 369 g/mol. The Morgan fingerprint density at radius 1 is 1.00 bits per heavy atom. The van der Waals surface area contributed by atoms with Crippen LogP contribution in [0.4, 0.5) is 0 Å². The first-order valence-corrected chi connectivity index (χ1v) is 7.62. The summed E-state index contributed by atoms with van der Waals surface area (Å²) in [6.07, 6.45) is 3.36. The maximum atomic E-state index is 12.1. The van der Waals surface area contributed by atoms with Crippen molar-refractivity contribution in [3.63, 3.8) is 0 Å². The van der Waals surface area contributed by atoms with Gasteiger partial charge in [0, 0.05) is 23.5 Å². The molecule has 0 unspecified atom stereocenters. The Balaban J connectivity index is 1.91. The van der Waals surface area contributed by atoms with Gasteiger partial charge in [-0.2, -0.15) is 5.10 Å². The highest BCUT2D eigenvalue weighted by Gasteiger charge is 2.11. The number of nitrogens with one attached hydrogen (secondary N) is 1. The van der Waals surface area contributed by atoms with Crippen LogP contribution >= 0.6 is 15.9 Å². The summed E-state index contributed by atoms with van der Waals surface area (Å²) < 4.78 is 5.70. The number of benzene rings is 1. The summed E-state index contributed by atoms with van der Waals surface area (Å²) in [5.41, 5.74) is 4.91. The van der Waals surface area contributed by atoms with E-state index in [0.717, 1.165) is 11.1 Å². The van der Waals surface area contributed by atoms with Gasteiger partial charge in [-0.25, -0.2) is 5.43 Å². The van der Waals surface area contributed by atoms with Gasteiger partial charge in [0.1, 0.15) is 0 Å². The third-order valence-electron chi connectivity index (χ3n) is 3.07. The number of halogens is 1. The molecule has 0 atom stereocenters. The maximum absolute atomic E-state index is 12.1. The lowest BCUT2D eigenvalue weighted by molar-refractivity contribution is 0.0926. The van der Waals surface area contributed by atoms with Gasteiger partial charge in [0.2, 0.25) is 0 Å². The number of carbonyl (C=O) groups excluding carboxylic acids is 1. The average Bonchev–Trinajstić information content (AvgIpc) is 3.03. The molecule has 1 N–H and O–H groups in total. The van der Waals surface area contributed by atoms with E-state index in [2.05, 4.69) is 31.4 Å². The summed E-state index contributed by atoms with van der Waals surface area (Å²) in [5, 5.41) is 4.26. The van der Waals surface area contributed by atoms with Crippen LogP contribution in [0, 0.1) is 0 Å². The van der Waals surface area contributed by atoms with E-state index >= 15 is 0 Å². The molecule has 0 spiro atoms. The summed E-state index contributed by atoms with van der Waals surface area (Å²) >= 11 is 3.16. The van der Waals surface area contributed by atoms with Crippen LogP contribution in [-0.2, 0) is 0 Å². The van der Waals surface area contributed by atoms with E-state index in [1.54, 1.807) is 24.5 Å². The van der Waals surface area contributed by atoms with E-state index in [1.807, 2.05) is 42.5 Å². The summed E-state index contributed by atoms with van der Waals surface area (Å²) in [4.78, 5) is 16.1. The van der Waals surface area contributed by atoms with Gasteiger partial charge in [0.25, 0.3) is 0 Å². The molecule has 114 valence electrons. The van der Waals surface area contributed by atoms with E-state index in [-0.39, 0.29) is 5.76 Å². The van der Waals surface area contributed by atoms with Gasteiger partial charge < -0.3 is 4.42 Å². The van der Waals surface area contributed by atoms with Crippen molar-refractivity contribution in [2.24, 2.45) is 5.10 Å². The highest BCUT2D eigenvalue weighted by molar-refractivity contribution is 9.10. The van der Waals surface area contributed by atoms with Crippen molar-refractivity contribution in [3.8, 4) is 0 Å². The normalized spacial score (nSPS) is 11.3. The van der Waals surface area contributed by atoms with Crippen LogP contribution in [0.25, 0.3) is 0 Å². The number of furan rings is 1. The predicted molar refractivity (Wildman–Crippen MR) is 90.2 cm³/mol. The summed E-state index contributed by atoms with van der Waals surface area (Å²) in [6.45, 7) is 0. The molecule has 5 nitrogen and oxygen atoms in total. The Labute approximate surface area is 141 Å². The van der Waals surface area contributed by atoms with E-state index < -0.39 is 5.91 Å². The first kappa shape index (κ1) is 15.2. The Kier molecular flexibility index (Phi) is 4.63. The van der Waals surface area contributed by atoms with E-state index in [9.17, 15) is 4.79 Å². The Hall–Kier alpha value is -2.73. The summed E-state index contributed by atoms with van der Waals surface area (Å²) in [7, 11) is 0. The quantitative estimate of drug-likeness (QED) is 0.564. The van der Waals surface area contributed by atoms with Crippen LogP contribution in [-0.4, -0.2) is 16.6 Å². The second-order valence-electron chi connectivity index (χ2n) is 4.61. The van der Waals surface area contributed by atoms with Gasteiger partial charge in [0.05, 0.1) is 5.71 Å². The first-order chi connectivity index (χ1) is 11.2. The third kappa shape index (κ3) is 3.73.